The van der Waals surface area contributed by atoms with Crippen molar-refractivity contribution in [2.45, 2.75) is 18.8 Å². The van der Waals surface area contributed by atoms with Gasteiger partial charge in [0.25, 0.3) is 11.7 Å². The van der Waals surface area contributed by atoms with E-state index in [0.717, 1.165) is 44.7 Å². The summed E-state index contributed by atoms with van der Waals surface area (Å²) >= 11 is 7.94. The van der Waals surface area contributed by atoms with E-state index in [1.807, 2.05) is 0 Å². The molecule has 2 amide bonds. The van der Waals surface area contributed by atoms with Crippen LogP contribution in [0.15, 0.2) is 39.9 Å². The van der Waals surface area contributed by atoms with Crippen LogP contribution in [-0.2, 0) is 26.7 Å². The Morgan fingerprint density at radius 3 is 2.21 bits per heavy atom. The highest BCUT2D eigenvalue weighted by molar-refractivity contribution is 8.26. The van der Waals surface area contributed by atoms with Crippen LogP contribution >= 0.6 is 46.7 Å². The number of aliphatic carboxylic acids is 1. The number of carboxylic acids is 1. The van der Waals surface area contributed by atoms with Gasteiger partial charge in [-0.2, -0.15) is 26.3 Å². The van der Waals surface area contributed by atoms with Crippen molar-refractivity contribution in [2.24, 2.45) is 0 Å². The fourth-order valence-corrected chi connectivity index (χ4v) is 6.39. The van der Waals surface area contributed by atoms with Crippen LogP contribution in [0.2, 0.25) is 0 Å². The maximum Gasteiger partial charge on any atom is 0.416 e. The van der Waals surface area contributed by atoms with E-state index in [0.29, 0.717) is 17.0 Å². The van der Waals surface area contributed by atoms with E-state index in [2.05, 4.69) is 10.3 Å². The number of amides is 2. The summed E-state index contributed by atoms with van der Waals surface area (Å²) in [6, 6.07) is 2.61. The molecule has 0 bridgehead atoms. The molecule has 1 aliphatic heterocycles. The van der Waals surface area contributed by atoms with Crippen molar-refractivity contribution in [3.8, 4) is 11.1 Å². The predicted molar refractivity (Wildman–Crippen MR) is 147 cm³/mol. The summed E-state index contributed by atoms with van der Waals surface area (Å²) in [7, 11) is 0. The van der Waals surface area contributed by atoms with Gasteiger partial charge in [-0.25, -0.2) is 9.78 Å². The summed E-state index contributed by atoms with van der Waals surface area (Å²) < 4.78 is 79.5. The molecule has 0 unspecified atom stereocenters. The first-order chi connectivity index (χ1) is 19.5. The molecule has 0 saturated carbocycles. The van der Waals surface area contributed by atoms with Crippen LogP contribution in [0, 0.1) is 0 Å². The number of carbonyl (C=O) groups is 4. The second-order valence-corrected chi connectivity index (χ2v) is 11.8. The first-order valence-corrected chi connectivity index (χ1v) is 14.2. The molecule has 1 aliphatic rings. The van der Waals surface area contributed by atoms with Gasteiger partial charge in [0.2, 0.25) is 5.91 Å². The number of hydrogen-bond donors (Lipinski definition) is 2. The zero-order valence-corrected chi connectivity index (χ0v) is 23.6. The van der Waals surface area contributed by atoms with Crippen molar-refractivity contribution >= 4 is 85.7 Å². The van der Waals surface area contributed by atoms with Gasteiger partial charge in [-0.15, -0.1) is 22.7 Å². The minimum atomic E-state index is -5.00. The van der Waals surface area contributed by atoms with Crippen molar-refractivity contribution in [2.75, 3.05) is 11.9 Å². The Morgan fingerprint density at radius 2 is 1.62 bits per heavy atom. The summed E-state index contributed by atoms with van der Waals surface area (Å²) in [6.07, 6.45) is -8.84. The quantitative estimate of drug-likeness (QED) is 0.0933. The van der Waals surface area contributed by atoms with Crippen molar-refractivity contribution in [1.82, 2.24) is 9.88 Å². The van der Waals surface area contributed by atoms with Crippen LogP contribution in [0.3, 0.4) is 0 Å². The van der Waals surface area contributed by atoms with E-state index in [-0.39, 0.29) is 50.2 Å². The average molecular weight is 666 g/mol. The van der Waals surface area contributed by atoms with Crippen LogP contribution in [0.4, 0.5) is 31.5 Å². The number of halogens is 6. The fourth-order valence-electron chi connectivity index (χ4n) is 3.46. The van der Waals surface area contributed by atoms with Crippen LogP contribution < -0.4 is 5.32 Å². The van der Waals surface area contributed by atoms with Gasteiger partial charge < -0.3 is 10.4 Å². The molecular formula is C24H13F6N3O5S4. The SMILES string of the molecule is O=C(CCN1C(=O)C(=Cc2cc(-c3cc(C(F)(F)F)cc(C(F)(F)F)c3)cs2)SC1=S)Nc1nc(C(=O)C(=O)O)cs1. The highest BCUT2D eigenvalue weighted by atomic mass is 32.2. The number of carboxylic acid groups (broad SMARTS) is 1. The number of nitrogens with one attached hydrogen (secondary N) is 1. The molecular weight excluding hydrogens is 653 g/mol. The number of aromatic nitrogens is 1. The van der Waals surface area contributed by atoms with Crippen molar-refractivity contribution in [1.29, 1.82) is 0 Å². The summed E-state index contributed by atoms with van der Waals surface area (Å²) in [5.41, 5.74) is -3.46. The first-order valence-electron chi connectivity index (χ1n) is 11.2. The fraction of sp³-hybridized carbons (Fsp3) is 0.167. The second kappa shape index (κ2) is 11.9. The van der Waals surface area contributed by atoms with Crippen LogP contribution in [0.5, 0.6) is 0 Å². The third kappa shape index (κ3) is 7.23. The number of thiazole rings is 1. The number of thiophene rings is 1. The smallest absolute Gasteiger partial charge is 0.416 e. The lowest BCUT2D eigenvalue weighted by Crippen LogP contribution is -2.31. The predicted octanol–water partition coefficient (Wildman–Crippen LogP) is 6.41. The van der Waals surface area contributed by atoms with Crippen LogP contribution in [0.25, 0.3) is 17.2 Å². The Kier molecular flexibility index (Phi) is 8.91. The van der Waals surface area contributed by atoms with Gasteiger partial charge in [0.1, 0.15) is 10.0 Å². The standard InChI is InChI=1S/C24H13F6N3O5S4/c25-23(26,27)12-3-10(4-13(6-12)24(28,29)30)11-5-14(40-8-11)7-16-19(36)33(22(39)42-16)2-1-17(34)32-21-31-15(9-41-21)18(35)20(37)38/h3-9H,1-2H2,(H,37,38)(H,31,32,34). The number of carbonyl (C=O) groups excluding carboxylic acids is 3. The number of hydrogen-bond acceptors (Lipinski definition) is 9. The molecule has 1 fully saturated rings. The zero-order chi connectivity index (χ0) is 31.0. The van der Waals surface area contributed by atoms with Gasteiger partial charge in [0.05, 0.1) is 16.0 Å². The monoisotopic (exact) mass is 665 g/mol. The molecule has 18 heteroatoms. The summed E-state index contributed by atoms with van der Waals surface area (Å²) in [5.74, 6) is -4.10. The van der Waals surface area contributed by atoms with Gasteiger partial charge in [0, 0.05) is 23.2 Å². The Morgan fingerprint density at radius 1 is 0.976 bits per heavy atom. The third-order valence-corrected chi connectivity index (χ3v) is 8.44. The minimum Gasteiger partial charge on any atom is -0.475 e. The number of nitrogens with zero attached hydrogens (tertiary/aromatic N) is 2. The normalized spacial score (nSPS) is 15.0. The maximum atomic E-state index is 13.2. The molecule has 42 heavy (non-hydrogen) atoms. The topological polar surface area (TPSA) is 117 Å². The molecule has 0 spiro atoms. The highest BCUT2D eigenvalue weighted by Crippen LogP contribution is 2.40. The first kappa shape index (κ1) is 31.3. The van der Waals surface area contributed by atoms with E-state index >= 15 is 0 Å². The summed E-state index contributed by atoms with van der Waals surface area (Å²) in [5, 5.41) is 13.6. The largest absolute Gasteiger partial charge is 0.475 e. The Bertz CT molecular complexity index is 1610. The highest BCUT2D eigenvalue weighted by Gasteiger charge is 2.37. The molecule has 1 aromatic carbocycles. The third-order valence-electron chi connectivity index (χ3n) is 5.43. The van der Waals surface area contributed by atoms with Crippen molar-refractivity contribution in [3.63, 3.8) is 0 Å². The maximum absolute atomic E-state index is 13.2. The number of alkyl halides is 6. The van der Waals surface area contributed by atoms with E-state index in [1.165, 1.54) is 17.5 Å². The number of benzene rings is 1. The average Bonchev–Trinajstić information content (AvgIpc) is 3.61. The number of thiocarbonyl (C=S) groups is 1. The second-order valence-electron chi connectivity index (χ2n) is 8.34. The van der Waals surface area contributed by atoms with Crippen LogP contribution in [-0.4, -0.2) is 49.4 Å². The lowest BCUT2D eigenvalue weighted by molar-refractivity contribution is -0.143. The van der Waals surface area contributed by atoms with Gasteiger partial charge >= 0.3 is 18.3 Å². The van der Waals surface area contributed by atoms with E-state index in [9.17, 15) is 45.5 Å². The Hall–Kier alpha value is -3.61. The van der Waals surface area contributed by atoms with Crippen molar-refractivity contribution in [3.05, 3.63) is 61.6 Å². The number of ketones is 1. The van der Waals surface area contributed by atoms with E-state index in [1.54, 1.807) is 0 Å². The van der Waals surface area contributed by atoms with Gasteiger partial charge in [-0.3, -0.25) is 19.3 Å². The molecule has 2 aromatic heterocycles. The molecule has 3 aromatic rings. The lowest BCUT2D eigenvalue weighted by atomic mass is 10.0. The molecule has 8 nitrogen and oxygen atoms in total. The van der Waals surface area contributed by atoms with Gasteiger partial charge in [0.15, 0.2) is 5.13 Å². The summed E-state index contributed by atoms with van der Waals surface area (Å²) in [4.78, 5) is 52.7. The molecule has 2 N–H and O–H groups in total. The lowest BCUT2D eigenvalue weighted by Gasteiger charge is -2.13. The number of Topliss-reactive ketones (excluding diaryl/α,β-unsaturated/α-hetero) is 1. The molecule has 3 heterocycles. The van der Waals surface area contributed by atoms with Crippen LogP contribution in [0.1, 0.15) is 32.9 Å². The van der Waals surface area contributed by atoms with Gasteiger partial charge in [-0.05, 0) is 46.8 Å². The Balaban J connectivity index is 1.44. The number of anilines is 1. The molecule has 0 atom stereocenters. The number of rotatable bonds is 8. The van der Waals surface area contributed by atoms with E-state index < -0.39 is 47.0 Å². The van der Waals surface area contributed by atoms with E-state index in [4.69, 9.17) is 17.3 Å². The molecule has 0 aliphatic carbocycles. The zero-order valence-electron chi connectivity index (χ0n) is 20.3. The molecule has 0 radical (unpaired) electrons. The minimum absolute atomic E-state index is 0.0218. The van der Waals surface area contributed by atoms with Crippen molar-refractivity contribution < 1.29 is 50.6 Å². The number of thioether (sulfide) groups is 1. The Labute approximate surface area is 249 Å². The molecule has 1 saturated heterocycles. The molecule has 4 rings (SSSR count). The van der Waals surface area contributed by atoms with Gasteiger partial charge in [-0.1, -0.05) is 24.0 Å². The molecule has 220 valence electrons. The summed E-state index contributed by atoms with van der Waals surface area (Å²) in [6.45, 7) is -0.139.